The number of furan rings is 1. The number of nitrogens with zero attached hydrogens (tertiary/aromatic N) is 1. The molecule has 4 rings (SSSR count). The van der Waals surface area contributed by atoms with Crippen LogP contribution in [0.2, 0.25) is 5.02 Å². The van der Waals surface area contributed by atoms with E-state index in [-0.39, 0.29) is 5.56 Å². The Kier molecular flexibility index (Phi) is 3.55. The Labute approximate surface area is 149 Å². The molecule has 4 nitrogen and oxygen atoms in total. The molecule has 0 saturated carbocycles. The standard InChI is InChI=1S/C18H9BrClNO3/c19-10-4-5-15-9(6-10)7-16(24-15)14-8-12(18(22)23)11-2-1-3-13(20)17(11)21-14/h1-8H,(H,22,23). The van der Waals surface area contributed by atoms with E-state index in [1.54, 1.807) is 18.2 Å². The number of aromatic carboxylic acids is 1. The fraction of sp³-hybridized carbons (Fsp3) is 0. The maximum Gasteiger partial charge on any atom is 0.336 e. The van der Waals surface area contributed by atoms with E-state index < -0.39 is 5.97 Å². The summed E-state index contributed by atoms with van der Waals surface area (Å²) in [5.74, 6) is -0.544. The summed E-state index contributed by atoms with van der Waals surface area (Å²) < 4.78 is 6.75. The van der Waals surface area contributed by atoms with Crippen LogP contribution < -0.4 is 0 Å². The molecule has 0 unspecified atom stereocenters. The number of carboxylic acid groups (broad SMARTS) is 1. The second kappa shape index (κ2) is 5.61. The van der Waals surface area contributed by atoms with Crippen LogP contribution in [0.5, 0.6) is 0 Å². The first-order chi connectivity index (χ1) is 11.5. The largest absolute Gasteiger partial charge is 0.478 e. The smallest absolute Gasteiger partial charge is 0.336 e. The van der Waals surface area contributed by atoms with Gasteiger partial charge in [0.05, 0.1) is 16.1 Å². The number of carboxylic acids is 1. The molecule has 2 heterocycles. The van der Waals surface area contributed by atoms with Crippen LogP contribution in [0.25, 0.3) is 33.3 Å². The maximum absolute atomic E-state index is 11.6. The van der Waals surface area contributed by atoms with E-state index in [9.17, 15) is 9.90 Å². The molecular formula is C18H9BrClNO3. The van der Waals surface area contributed by atoms with Crippen LogP contribution in [0.15, 0.2) is 57.4 Å². The van der Waals surface area contributed by atoms with Crippen LogP contribution in [0, 0.1) is 0 Å². The molecule has 24 heavy (non-hydrogen) atoms. The van der Waals surface area contributed by atoms with Crippen LogP contribution in [-0.4, -0.2) is 16.1 Å². The number of benzene rings is 2. The highest BCUT2D eigenvalue weighted by atomic mass is 79.9. The number of hydrogen-bond acceptors (Lipinski definition) is 3. The van der Waals surface area contributed by atoms with Gasteiger partial charge in [0.25, 0.3) is 0 Å². The predicted molar refractivity (Wildman–Crippen MR) is 96.6 cm³/mol. The quantitative estimate of drug-likeness (QED) is 0.463. The molecular weight excluding hydrogens is 394 g/mol. The van der Waals surface area contributed by atoms with Gasteiger partial charge in [-0.3, -0.25) is 0 Å². The lowest BCUT2D eigenvalue weighted by Crippen LogP contribution is -2.00. The van der Waals surface area contributed by atoms with E-state index >= 15 is 0 Å². The van der Waals surface area contributed by atoms with Crippen LogP contribution in [0.4, 0.5) is 0 Å². The molecule has 0 amide bonds. The van der Waals surface area contributed by atoms with Crippen molar-refractivity contribution < 1.29 is 14.3 Å². The highest BCUT2D eigenvalue weighted by Gasteiger charge is 2.16. The summed E-state index contributed by atoms with van der Waals surface area (Å²) >= 11 is 9.62. The molecule has 0 aliphatic rings. The molecule has 0 saturated heterocycles. The van der Waals surface area contributed by atoms with E-state index in [1.165, 1.54) is 6.07 Å². The van der Waals surface area contributed by atoms with Crippen molar-refractivity contribution in [3.8, 4) is 11.5 Å². The molecule has 2 aromatic carbocycles. The van der Waals surface area contributed by atoms with Gasteiger partial charge in [-0.1, -0.05) is 39.7 Å². The molecule has 0 atom stereocenters. The molecule has 118 valence electrons. The van der Waals surface area contributed by atoms with Gasteiger partial charge in [0, 0.05) is 15.2 Å². The first kappa shape index (κ1) is 15.2. The predicted octanol–water partition coefficient (Wildman–Crippen LogP) is 5.76. The van der Waals surface area contributed by atoms with Crippen molar-refractivity contribution in [1.29, 1.82) is 0 Å². The average Bonchev–Trinajstić information content (AvgIpc) is 2.97. The Bertz CT molecular complexity index is 1120. The summed E-state index contributed by atoms with van der Waals surface area (Å²) in [5.41, 5.74) is 1.71. The Morgan fingerprint density at radius 3 is 2.79 bits per heavy atom. The Balaban J connectivity index is 2.01. The van der Waals surface area contributed by atoms with Crippen molar-refractivity contribution in [2.75, 3.05) is 0 Å². The van der Waals surface area contributed by atoms with Crippen molar-refractivity contribution in [3.05, 3.63) is 63.6 Å². The van der Waals surface area contributed by atoms with Gasteiger partial charge in [0.2, 0.25) is 0 Å². The van der Waals surface area contributed by atoms with Crippen LogP contribution in [-0.2, 0) is 0 Å². The van der Waals surface area contributed by atoms with Gasteiger partial charge < -0.3 is 9.52 Å². The highest BCUT2D eigenvalue weighted by molar-refractivity contribution is 9.10. The maximum atomic E-state index is 11.6. The Morgan fingerprint density at radius 2 is 2.00 bits per heavy atom. The molecule has 0 radical (unpaired) electrons. The molecule has 0 fully saturated rings. The minimum absolute atomic E-state index is 0.138. The fourth-order valence-electron chi connectivity index (χ4n) is 2.66. The average molecular weight is 403 g/mol. The van der Waals surface area contributed by atoms with E-state index in [0.717, 1.165) is 9.86 Å². The second-order valence-corrected chi connectivity index (χ2v) is 6.61. The van der Waals surface area contributed by atoms with Crippen LogP contribution in [0.3, 0.4) is 0 Å². The summed E-state index contributed by atoms with van der Waals surface area (Å²) in [5, 5.41) is 11.3. The number of para-hydroxylation sites is 1. The first-order valence-electron chi connectivity index (χ1n) is 7.05. The summed E-state index contributed by atoms with van der Waals surface area (Å²) in [6.45, 7) is 0. The van der Waals surface area contributed by atoms with E-state index in [0.29, 0.717) is 33.0 Å². The summed E-state index contributed by atoms with van der Waals surface area (Å²) in [7, 11) is 0. The van der Waals surface area contributed by atoms with Crippen molar-refractivity contribution in [1.82, 2.24) is 4.98 Å². The minimum atomic E-state index is -1.04. The molecule has 4 aromatic rings. The third-order valence-corrected chi connectivity index (χ3v) is 4.55. The van der Waals surface area contributed by atoms with Gasteiger partial charge in [-0.05, 0) is 36.4 Å². The van der Waals surface area contributed by atoms with E-state index in [1.807, 2.05) is 24.3 Å². The van der Waals surface area contributed by atoms with E-state index in [4.69, 9.17) is 16.0 Å². The van der Waals surface area contributed by atoms with Crippen molar-refractivity contribution in [3.63, 3.8) is 0 Å². The zero-order chi connectivity index (χ0) is 16.8. The summed E-state index contributed by atoms with van der Waals surface area (Å²) in [6.07, 6.45) is 0. The second-order valence-electron chi connectivity index (χ2n) is 5.29. The topological polar surface area (TPSA) is 63.3 Å². The lowest BCUT2D eigenvalue weighted by atomic mass is 10.1. The van der Waals surface area contributed by atoms with Gasteiger partial charge in [-0.2, -0.15) is 0 Å². The third kappa shape index (κ3) is 2.46. The normalized spacial score (nSPS) is 11.2. The number of fused-ring (bicyclic) bond motifs is 2. The SMILES string of the molecule is O=C(O)c1cc(-c2cc3cc(Br)ccc3o2)nc2c(Cl)cccc12. The molecule has 0 bridgehead atoms. The zero-order valence-corrected chi connectivity index (χ0v) is 14.4. The van der Waals surface area contributed by atoms with Crippen molar-refractivity contribution >= 4 is 55.4 Å². The first-order valence-corrected chi connectivity index (χ1v) is 8.22. The summed E-state index contributed by atoms with van der Waals surface area (Å²) in [6, 6.07) is 14.1. The lowest BCUT2D eigenvalue weighted by Gasteiger charge is -2.06. The van der Waals surface area contributed by atoms with Gasteiger partial charge in [0.15, 0.2) is 5.76 Å². The number of aromatic nitrogens is 1. The molecule has 2 aromatic heterocycles. The Morgan fingerprint density at radius 1 is 1.17 bits per heavy atom. The number of pyridine rings is 1. The fourth-order valence-corrected chi connectivity index (χ4v) is 3.25. The molecule has 0 spiro atoms. The number of halogens is 2. The van der Waals surface area contributed by atoms with E-state index in [2.05, 4.69) is 20.9 Å². The summed E-state index contributed by atoms with van der Waals surface area (Å²) in [4.78, 5) is 16.1. The Hall–Kier alpha value is -2.37. The van der Waals surface area contributed by atoms with Crippen LogP contribution in [0.1, 0.15) is 10.4 Å². The molecule has 1 N–H and O–H groups in total. The van der Waals surface area contributed by atoms with Gasteiger partial charge in [-0.25, -0.2) is 9.78 Å². The number of rotatable bonds is 2. The number of hydrogen-bond donors (Lipinski definition) is 1. The lowest BCUT2D eigenvalue weighted by molar-refractivity contribution is 0.0699. The third-order valence-electron chi connectivity index (χ3n) is 3.75. The highest BCUT2D eigenvalue weighted by Crippen LogP contribution is 2.32. The van der Waals surface area contributed by atoms with Crippen molar-refractivity contribution in [2.45, 2.75) is 0 Å². The van der Waals surface area contributed by atoms with Crippen molar-refractivity contribution in [2.24, 2.45) is 0 Å². The monoisotopic (exact) mass is 401 g/mol. The minimum Gasteiger partial charge on any atom is -0.478 e. The molecule has 0 aliphatic heterocycles. The van der Waals surface area contributed by atoms with Gasteiger partial charge >= 0.3 is 5.97 Å². The number of carbonyl (C=O) groups is 1. The van der Waals surface area contributed by atoms with Gasteiger partial charge in [0.1, 0.15) is 11.3 Å². The molecule has 6 heteroatoms. The molecule has 0 aliphatic carbocycles. The van der Waals surface area contributed by atoms with Crippen LogP contribution >= 0.6 is 27.5 Å². The van der Waals surface area contributed by atoms with Gasteiger partial charge in [-0.15, -0.1) is 0 Å². The zero-order valence-electron chi connectivity index (χ0n) is 12.1.